The van der Waals surface area contributed by atoms with E-state index in [1.807, 2.05) is 6.92 Å². The van der Waals surface area contributed by atoms with Crippen molar-refractivity contribution < 1.29 is 8.78 Å². The van der Waals surface area contributed by atoms with Gasteiger partial charge in [-0.25, -0.2) is 8.78 Å². The second-order valence-electron chi connectivity index (χ2n) is 4.62. The standard InChI is InChI=1S/C14H12BrF2N5O/c1-3-22(2)14-20-12(10(15)13(23)21-14)19-11-8(16)4-7(6-18)5-9(11)17/h4-5H,3H2,1-2H3,(H2,19,20,21,23). The third kappa shape index (κ3) is 3.48. The van der Waals surface area contributed by atoms with Crippen LogP contribution < -0.4 is 15.8 Å². The van der Waals surface area contributed by atoms with Crippen LogP contribution in [0.3, 0.4) is 0 Å². The summed E-state index contributed by atoms with van der Waals surface area (Å²) in [7, 11) is 1.71. The highest BCUT2D eigenvalue weighted by Gasteiger charge is 2.16. The number of rotatable bonds is 4. The van der Waals surface area contributed by atoms with Crippen molar-refractivity contribution in [3.05, 3.63) is 44.2 Å². The van der Waals surface area contributed by atoms with E-state index >= 15 is 0 Å². The Balaban J connectivity index is 2.51. The molecule has 9 heteroatoms. The van der Waals surface area contributed by atoms with Gasteiger partial charge in [-0.05, 0) is 35.0 Å². The van der Waals surface area contributed by atoms with E-state index < -0.39 is 22.9 Å². The fourth-order valence-electron chi connectivity index (χ4n) is 1.74. The molecule has 120 valence electrons. The lowest BCUT2D eigenvalue weighted by Gasteiger charge is -2.17. The highest BCUT2D eigenvalue weighted by molar-refractivity contribution is 9.10. The van der Waals surface area contributed by atoms with Crippen LogP contribution in [0.5, 0.6) is 0 Å². The SMILES string of the molecule is CCN(C)c1nc(Nc2c(F)cc(C#N)cc2F)c(Br)c(=O)[nH]1. The van der Waals surface area contributed by atoms with Crippen LogP contribution in [0.15, 0.2) is 21.4 Å². The number of nitriles is 1. The van der Waals surface area contributed by atoms with Gasteiger partial charge in [-0.2, -0.15) is 10.2 Å². The summed E-state index contributed by atoms with van der Waals surface area (Å²) in [5.41, 5.74) is -1.13. The van der Waals surface area contributed by atoms with E-state index in [1.165, 1.54) is 0 Å². The van der Waals surface area contributed by atoms with Gasteiger partial charge in [0.15, 0.2) is 17.5 Å². The van der Waals surface area contributed by atoms with Gasteiger partial charge in [0.2, 0.25) is 5.95 Å². The summed E-state index contributed by atoms with van der Waals surface area (Å²) in [6.45, 7) is 2.43. The van der Waals surface area contributed by atoms with E-state index in [2.05, 4.69) is 31.2 Å². The van der Waals surface area contributed by atoms with Crippen molar-refractivity contribution in [2.24, 2.45) is 0 Å². The Bertz CT molecular complexity index is 823. The van der Waals surface area contributed by atoms with E-state index in [-0.39, 0.29) is 21.8 Å². The number of aromatic nitrogens is 2. The van der Waals surface area contributed by atoms with Crippen LogP contribution in [0.1, 0.15) is 12.5 Å². The van der Waals surface area contributed by atoms with Gasteiger partial charge in [0, 0.05) is 13.6 Å². The van der Waals surface area contributed by atoms with Crippen molar-refractivity contribution >= 4 is 33.4 Å². The molecule has 0 saturated carbocycles. The minimum Gasteiger partial charge on any atom is -0.346 e. The topological polar surface area (TPSA) is 84.8 Å². The third-order valence-electron chi connectivity index (χ3n) is 3.10. The second-order valence-corrected chi connectivity index (χ2v) is 5.41. The quantitative estimate of drug-likeness (QED) is 0.847. The predicted molar refractivity (Wildman–Crippen MR) is 85.9 cm³/mol. The molecule has 2 rings (SSSR count). The monoisotopic (exact) mass is 383 g/mol. The molecule has 0 aliphatic carbocycles. The van der Waals surface area contributed by atoms with Gasteiger partial charge in [-0.1, -0.05) is 0 Å². The van der Waals surface area contributed by atoms with Crippen LogP contribution >= 0.6 is 15.9 Å². The fraction of sp³-hybridized carbons (Fsp3) is 0.214. The number of benzene rings is 1. The minimum atomic E-state index is -0.957. The Morgan fingerprint density at radius 3 is 2.57 bits per heavy atom. The molecule has 0 bridgehead atoms. The maximum absolute atomic E-state index is 13.9. The van der Waals surface area contributed by atoms with Crippen molar-refractivity contribution in [2.75, 3.05) is 23.8 Å². The van der Waals surface area contributed by atoms with E-state index in [0.717, 1.165) is 12.1 Å². The molecule has 0 fully saturated rings. The van der Waals surface area contributed by atoms with E-state index in [9.17, 15) is 13.6 Å². The molecule has 23 heavy (non-hydrogen) atoms. The number of anilines is 3. The van der Waals surface area contributed by atoms with Crippen LogP contribution in [-0.4, -0.2) is 23.6 Å². The highest BCUT2D eigenvalue weighted by Crippen LogP contribution is 2.27. The van der Waals surface area contributed by atoms with E-state index in [1.54, 1.807) is 18.0 Å². The summed E-state index contributed by atoms with van der Waals surface area (Å²) < 4.78 is 27.9. The van der Waals surface area contributed by atoms with Crippen molar-refractivity contribution in [2.45, 2.75) is 6.92 Å². The smallest absolute Gasteiger partial charge is 0.268 e. The lowest BCUT2D eigenvalue weighted by Crippen LogP contribution is -2.24. The van der Waals surface area contributed by atoms with Gasteiger partial charge >= 0.3 is 0 Å². The average Bonchev–Trinajstić information content (AvgIpc) is 2.53. The molecule has 0 amide bonds. The van der Waals surface area contributed by atoms with Crippen LogP contribution in [0.25, 0.3) is 0 Å². The Hall–Kier alpha value is -2.47. The van der Waals surface area contributed by atoms with Gasteiger partial charge in [0.1, 0.15) is 10.2 Å². The second kappa shape index (κ2) is 6.75. The molecule has 6 nitrogen and oxygen atoms in total. The predicted octanol–water partition coefficient (Wildman–Crippen LogP) is 2.88. The van der Waals surface area contributed by atoms with E-state index in [0.29, 0.717) is 6.54 Å². The van der Waals surface area contributed by atoms with Crippen molar-refractivity contribution in [3.8, 4) is 6.07 Å². The number of hydrogen-bond acceptors (Lipinski definition) is 5. The molecule has 1 aromatic heterocycles. The molecular formula is C14H12BrF2N5O. The normalized spacial score (nSPS) is 10.3. The van der Waals surface area contributed by atoms with Gasteiger partial charge < -0.3 is 10.2 Å². The lowest BCUT2D eigenvalue weighted by atomic mass is 10.2. The zero-order valence-corrected chi connectivity index (χ0v) is 13.8. The Morgan fingerprint density at radius 1 is 1.43 bits per heavy atom. The Labute approximate surface area is 138 Å². The number of H-pyrrole nitrogens is 1. The maximum Gasteiger partial charge on any atom is 0.268 e. The Morgan fingerprint density at radius 2 is 2.04 bits per heavy atom. The molecule has 0 aliphatic heterocycles. The zero-order valence-electron chi connectivity index (χ0n) is 12.2. The van der Waals surface area contributed by atoms with Crippen LogP contribution in [0.2, 0.25) is 0 Å². The number of aromatic amines is 1. The van der Waals surface area contributed by atoms with Crippen LogP contribution in [0.4, 0.5) is 26.2 Å². The zero-order chi connectivity index (χ0) is 17.1. The summed E-state index contributed by atoms with van der Waals surface area (Å²) in [5, 5.41) is 11.2. The summed E-state index contributed by atoms with van der Waals surface area (Å²) in [4.78, 5) is 20.2. The first-order chi connectivity index (χ1) is 10.9. The van der Waals surface area contributed by atoms with Gasteiger partial charge in [-0.3, -0.25) is 9.78 Å². The summed E-state index contributed by atoms with van der Waals surface area (Å²) in [5.74, 6) is -1.70. The van der Waals surface area contributed by atoms with Gasteiger partial charge in [0.25, 0.3) is 5.56 Å². The van der Waals surface area contributed by atoms with Gasteiger partial charge in [0.05, 0.1) is 11.6 Å². The molecule has 2 N–H and O–H groups in total. The summed E-state index contributed by atoms with van der Waals surface area (Å²) >= 11 is 3.04. The largest absolute Gasteiger partial charge is 0.346 e. The fourth-order valence-corrected chi connectivity index (χ4v) is 2.02. The third-order valence-corrected chi connectivity index (χ3v) is 3.84. The first-order valence-corrected chi connectivity index (χ1v) is 7.33. The number of nitrogens with one attached hydrogen (secondary N) is 2. The molecule has 0 atom stereocenters. The molecule has 0 radical (unpaired) electrons. The van der Waals surface area contributed by atoms with Crippen LogP contribution in [0, 0.1) is 23.0 Å². The molecule has 0 saturated heterocycles. The molecule has 0 unspecified atom stereocenters. The molecule has 1 aromatic carbocycles. The lowest BCUT2D eigenvalue weighted by molar-refractivity contribution is 0.589. The van der Waals surface area contributed by atoms with Gasteiger partial charge in [-0.15, -0.1) is 0 Å². The van der Waals surface area contributed by atoms with Crippen LogP contribution in [-0.2, 0) is 0 Å². The van der Waals surface area contributed by atoms with E-state index in [4.69, 9.17) is 5.26 Å². The van der Waals surface area contributed by atoms with Crippen molar-refractivity contribution in [1.29, 1.82) is 5.26 Å². The van der Waals surface area contributed by atoms with Crippen molar-refractivity contribution in [1.82, 2.24) is 9.97 Å². The number of nitrogens with zero attached hydrogens (tertiary/aromatic N) is 3. The first kappa shape index (κ1) is 16.9. The molecule has 0 spiro atoms. The Kier molecular flexibility index (Phi) is 4.95. The summed E-state index contributed by atoms with van der Waals surface area (Å²) in [6.07, 6.45) is 0. The van der Waals surface area contributed by atoms with Crippen molar-refractivity contribution in [3.63, 3.8) is 0 Å². The minimum absolute atomic E-state index is 0.00825. The molecular weight excluding hydrogens is 372 g/mol. The summed E-state index contributed by atoms with van der Waals surface area (Å²) in [6, 6.07) is 3.45. The average molecular weight is 384 g/mol. The molecule has 2 aromatic rings. The number of hydrogen-bond donors (Lipinski definition) is 2. The number of halogens is 3. The molecule has 0 aliphatic rings. The first-order valence-electron chi connectivity index (χ1n) is 6.54. The maximum atomic E-state index is 13.9. The molecule has 1 heterocycles. The highest BCUT2D eigenvalue weighted by atomic mass is 79.9.